The van der Waals surface area contributed by atoms with Crippen LogP contribution in [0.4, 0.5) is 0 Å². The third-order valence-corrected chi connectivity index (χ3v) is 3.45. The van der Waals surface area contributed by atoms with E-state index in [4.69, 9.17) is 27.8 Å². The summed E-state index contributed by atoms with van der Waals surface area (Å²) in [7, 11) is 1.59. The van der Waals surface area contributed by atoms with Gasteiger partial charge in [-0.25, -0.2) is 0 Å². The molecule has 4 N–H and O–H groups in total. The van der Waals surface area contributed by atoms with Crippen molar-refractivity contribution in [2.24, 2.45) is 23.3 Å². The zero-order valence-corrected chi connectivity index (χ0v) is 11.4. The lowest BCUT2D eigenvalue weighted by molar-refractivity contribution is 0.331. The predicted molar refractivity (Wildman–Crippen MR) is 72.3 cm³/mol. The van der Waals surface area contributed by atoms with Crippen molar-refractivity contribution in [3.05, 3.63) is 28.8 Å². The van der Waals surface area contributed by atoms with Crippen LogP contribution in [0.1, 0.15) is 25.5 Å². The molecule has 0 saturated carbocycles. The molecule has 96 valence electrons. The Morgan fingerprint density at radius 3 is 2.41 bits per heavy atom. The minimum absolute atomic E-state index is 0.0941. The van der Waals surface area contributed by atoms with Crippen molar-refractivity contribution in [1.82, 2.24) is 0 Å². The SMILES string of the molecule is COc1ccc(C(N)C(CN)C(C)C)cc1Cl. The number of ether oxygens (including phenoxy) is 1. The third kappa shape index (κ3) is 3.35. The highest BCUT2D eigenvalue weighted by atomic mass is 35.5. The Kier molecular flexibility index (Phi) is 5.25. The molecule has 2 atom stereocenters. The van der Waals surface area contributed by atoms with E-state index in [1.165, 1.54) is 0 Å². The van der Waals surface area contributed by atoms with Crippen molar-refractivity contribution in [3.63, 3.8) is 0 Å². The molecule has 0 aromatic heterocycles. The fourth-order valence-corrected chi connectivity index (χ4v) is 2.24. The minimum Gasteiger partial charge on any atom is -0.495 e. The van der Waals surface area contributed by atoms with Crippen LogP contribution >= 0.6 is 11.6 Å². The molecule has 0 aliphatic carbocycles. The van der Waals surface area contributed by atoms with Gasteiger partial charge in [0.25, 0.3) is 0 Å². The summed E-state index contributed by atoms with van der Waals surface area (Å²) in [6.45, 7) is 4.83. The van der Waals surface area contributed by atoms with E-state index in [1.54, 1.807) is 7.11 Å². The van der Waals surface area contributed by atoms with Gasteiger partial charge < -0.3 is 16.2 Å². The molecule has 0 amide bonds. The second-order valence-electron chi connectivity index (χ2n) is 4.56. The highest BCUT2D eigenvalue weighted by Gasteiger charge is 2.21. The smallest absolute Gasteiger partial charge is 0.137 e. The third-order valence-electron chi connectivity index (χ3n) is 3.15. The fraction of sp³-hybridized carbons (Fsp3) is 0.538. The Bertz CT molecular complexity index is 368. The first-order valence-corrected chi connectivity index (χ1v) is 6.18. The van der Waals surface area contributed by atoms with Crippen LogP contribution in [0.2, 0.25) is 5.02 Å². The molecule has 1 aromatic carbocycles. The molecular formula is C13H21ClN2O. The van der Waals surface area contributed by atoms with Gasteiger partial charge in [-0.1, -0.05) is 31.5 Å². The van der Waals surface area contributed by atoms with Crippen LogP contribution in [0.15, 0.2) is 18.2 Å². The molecule has 0 heterocycles. The number of benzene rings is 1. The predicted octanol–water partition coefficient (Wildman–Crippen LogP) is 2.58. The molecular weight excluding hydrogens is 236 g/mol. The van der Waals surface area contributed by atoms with Crippen LogP contribution in [0.3, 0.4) is 0 Å². The van der Waals surface area contributed by atoms with Gasteiger partial charge in [0.05, 0.1) is 12.1 Å². The summed E-state index contributed by atoms with van der Waals surface area (Å²) in [4.78, 5) is 0. The molecule has 1 aromatic rings. The van der Waals surface area contributed by atoms with Gasteiger partial charge in [-0.3, -0.25) is 0 Å². The highest BCUT2D eigenvalue weighted by molar-refractivity contribution is 6.32. The van der Waals surface area contributed by atoms with Gasteiger partial charge in [-0.2, -0.15) is 0 Å². The maximum atomic E-state index is 6.23. The minimum atomic E-state index is -0.0941. The molecule has 3 nitrogen and oxygen atoms in total. The van der Waals surface area contributed by atoms with Gasteiger partial charge in [0, 0.05) is 6.04 Å². The molecule has 17 heavy (non-hydrogen) atoms. The first kappa shape index (κ1) is 14.3. The number of rotatable bonds is 5. The standard InChI is InChI=1S/C13H21ClN2O/c1-8(2)10(7-15)13(16)9-4-5-12(17-3)11(14)6-9/h4-6,8,10,13H,7,15-16H2,1-3H3. The van der Waals surface area contributed by atoms with Crippen LogP contribution < -0.4 is 16.2 Å². The Balaban J connectivity index is 2.95. The second-order valence-corrected chi connectivity index (χ2v) is 4.97. The molecule has 0 bridgehead atoms. The van der Waals surface area contributed by atoms with Crippen LogP contribution in [0.25, 0.3) is 0 Å². The number of methoxy groups -OCH3 is 1. The lowest BCUT2D eigenvalue weighted by Crippen LogP contribution is -2.31. The van der Waals surface area contributed by atoms with Gasteiger partial charge in [-0.05, 0) is 36.1 Å². The lowest BCUT2D eigenvalue weighted by Gasteiger charge is -2.26. The Morgan fingerprint density at radius 2 is 2.00 bits per heavy atom. The molecule has 0 radical (unpaired) electrons. The van der Waals surface area contributed by atoms with Crippen molar-refractivity contribution < 1.29 is 4.74 Å². The van der Waals surface area contributed by atoms with E-state index < -0.39 is 0 Å². The topological polar surface area (TPSA) is 61.3 Å². The Hall–Kier alpha value is -0.770. The second kappa shape index (κ2) is 6.24. The van der Waals surface area contributed by atoms with E-state index in [-0.39, 0.29) is 12.0 Å². The normalized spacial score (nSPS) is 14.8. The lowest BCUT2D eigenvalue weighted by atomic mass is 9.85. The van der Waals surface area contributed by atoms with Gasteiger partial charge >= 0.3 is 0 Å². The van der Waals surface area contributed by atoms with E-state index in [0.717, 1.165) is 5.56 Å². The molecule has 0 aliphatic rings. The first-order chi connectivity index (χ1) is 8.01. The number of hydrogen-bond donors (Lipinski definition) is 2. The largest absolute Gasteiger partial charge is 0.495 e. The fourth-order valence-electron chi connectivity index (χ4n) is 1.97. The summed E-state index contributed by atoms with van der Waals surface area (Å²) in [5.41, 5.74) is 13.0. The van der Waals surface area contributed by atoms with E-state index in [9.17, 15) is 0 Å². The van der Waals surface area contributed by atoms with Gasteiger partial charge in [0.1, 0.15) is 5.75 Å². The number of halogens is 1. The van der Waals surface area contributed by atoms with Crippen LogP contribution in [0.5, 0.6) is 5.75 Å². The van der Waals surface area contributed by atoms with Crippen molar-refractivity contribution in [1.29, 1.82) is 0 Å². The molecule has 0 fully saturated rings. The summed E-state index contributed by atoms with van der Waals surface area (Å²) in [5, 5.41) is 0.583. The zero-order valence-electron chi connectivity index (χ0n) is 10.6. The van der Waals surface area contributed by atoms with Crippen molar-refractivity contribution >= 4 is 11.6 Å². The quantitative estimate of drug-likeness (QED) is 0.851. The first-order valence-electron chi connectivity index (χ1n) is 5.80. The molecule has 4 heteroatoms. The number of nitrogens with two attached hydrogens (primary N) is 2. The van der Waals surface area contributed by atoms with Crippen molar-refractivity contribution in [3.8, 4) is 5.75 Å². The zero-order chi connectivity index (χ0) is 13.0. The van der Waals surface area contributed by atoms with Gasteiger partial charge in [0.15, 0.2) is 0 Å². The molecule has 0 saturated heterocycles. The molecule has 0 spiro atoms. The van der Waals surface area contributed by atoms with Crippen LogP contribution in [-0.4, -0.2) is 13.7 Å². The molecule has 0 aliphatic heterocycles. The average Bonchev–Trinajstić information content (AvgIpc) is 2.29. The van der Waals surface area contributed by atoms with Crippen molar-refractivity contribution in [2.75, 3.05) is 13.7 Å². The number of hydrogen-bond acceptors (Lipinski definition) is 3. The van der Waals surface area contributed by atoms with Crippen LogP contribution in [-0.2, 0) is 0 Å². The summed E-state index contributed by atoms with van der Waals surface area (Å²) in [6, 6.07) is 5.55. The molecule has 2 unspecified atom stereocenters. The Labute approximate surface area is 108 Å². The van der Waals surface area contributed by atoms with Crippen LogP contribution in [0, 0.1) is 11.8 Å². The maximum Gasteiger partial charge on any atom is 0.137 e. The maximum absolute atomic E-state index is 6.23. The van der Waals surface area contributed by atoms with Crippen molar-refractivity contribution in [2.45, 2.75) is 19.9 Å². The summed E-state index contributed by atoms with van der Waals surface area (Å²) < 4.78 is 5.12. The molecule has 1 rings (SSSR count). The average molecular weight is 257 g/mol. The van der Waals surface area contributed by atoms with E-state index in [1.807, 2.05) is 18.2 Å². The monoisotopic (exact) mass is 256 g/mol. The van der Waals surface area contributed by atoms with Gasteiger partial charge in [-0.15, -0.1) is 0 Å². The van der Waals surface area contributed by atoms with E-state index in [2.05, 4.69) is 13.8 Å². The Morgan fingerprint density at radius 1 is 1.35 bits per heavy atom. The van der Waals surface area contributed by atoms with Gasteiger partial charge in [0.2, 0.25) is 0 Å². The summed E-state index contributed by atoms with van der Waals surface area (Å²) >= 11 is 6.09. The highest BCUT2D eigenvalue weighted by Crippen LogP contribution is 2.31. The van der Waals surface area contributed by atoms with E-state index in [0.29, 0.717) is 23.2 Å². The summed E-state index contributed by atoms with van der Waals surface area (Å²) in [6.07, 6.45) is 0. The van der Waals surface area contributed by atoms with E-state index >= 15 is 0 Å². The summed E-state index contributed by atoms with van der Waals surface area (Å²) in [5.74, 6) is 1.35.